The van der Waals surface area contributed by atoms with E-state index < -0.39 is 0 Å². The quantitative estimate of drug-likeness (QED) is 0.849. The van der Waals surface area contributed by atoms with Crippen LogP contribution in [-0.2, 0) is 4.74 Å². The number of anilines is 1. The third kappa shape index (κ3) is 3.55. The molecule has 0 spiro atoms. The van der Waals surface area contributed by atoms with E-state index in [1.807, 2.05) is 23.1 Å². The monoisotopic (exact) mass is 355 g/mol. The van der Waals surface area contributed by atoms with E-state index >= 15 is 0 Å². The van der Waals surface area contributed by atoms with Crippen LogP contribution in [0, 0.1) is 5.82 Å². The third-order valence-corrected chi connectivity index (χ3v) is 5.14. The zero-order chi connectivity index (χ0) is 17.9. The first-order valence-corrected chi connectivity index (χ1v) is 9.04. The van der Waals surface area contributed by atoms with Gasteiger partial charge in [-0.2, -0.15) is 0 Å². The highest BCUT2D eigenvalue weighted by Gasteiger charge is 2.26. The smallest absolute Gasteiger partial charge is 0.254 e. The van der Waals surface area contributed by atoms with Gasteiger partial charge in [-0.1, -0.05) is 12.1 Å². The van der Waals surface area contributed by atoms with Crippen LogP contribution in [0.25, 0.3) is 0 Å². The first-order chi connectivity index (χ1) is 12.7. The molecule has 2 aliphatic rings. The van der Waals surface area contributed by atoms with E-state index in [2.05, 4.69) is 9.88 Å². The molecule has 26 heavy (non-hydrogen) atoms. The Morgan fingerprint density at radius 1 is 1.12 bits per heavy atom. The molecule has 0 N–H and O–H groups in total. The van der Waals surface area contributed by atoms with E-state index in [1.165, 1.54) is 12.1 Å². The lowest BCUT2D eigenvalue weighted by Gasteiger charge is -2.27. The van der Waals surface area contributed by atoms with Gasteiger partial charge in [0.1, 0.15) is 11.6 Å². The fourth-order valence-corrected chi connectivity index (χ4v) is 3.65. The van der Waals surface area contributed by atoms with E-state index in [0.717, 1.165) is 30.9 Å². The van der Waals surface area contributed by atoms with Crippen molar-refractivity contribution in [2.75, 3.05) is 44.3 Å². The van der Waals surface area contributed by atoms with Crippen LogP contribution in [0.3, 0.4) is 0 Å². The Kier molecular flexibility index (Phi) is 4.84. The number of ether oxygens (including phenoxy) is 1. The van der Waals surface area contributed by atoms with Gasteiger partial charge in [-0.05, 0) is 36.2 Å². The molecule has 136 valence electrons. The Hall–Kier alpha value is -2.47. The molecular formula is C20H22FN3O2. The van der Waals surface area contributed by atoms with Gasteiger partial charge in [0.15, 0.2) is 0 Å². The summed E-state index contributed by atoms with van der Waals surface area (Å²) >= 11 is 0. The molecule has 1 aromatic carbocycles. The molecule has 2 fully saturated rings. The van der Waals surface area contributed by atoms with Crippen LogP contribution in [0.15, 0.2) is 42.6 Å². The summed E-state index contributed by atoms with van der Waals surface area (Å²) in [6.45, 7) is 4.15. The lowest BCUT2D eigenvalue weighted by molar-refractivity contribution is 0.0303. The maximum absolute atomic E-state index is 13.1. The normalized spacial score (nSPS) is 20.4. The average Bonchev–Trinajstić information content (AvgIpc) is 3.19. The summed E-state index contributed by atoms with van der Waals surface area (Å²) in [7, 11) is 0. The number of hydrogen-bond donors (Lipinski definition) is 0. The van der Waals surface area contributed by atoms with Crippen molar-refractivity contribution in [3.63, 3.8) is 0 Å². The summed E-state index contributed by atoms with van der Waals surface area (Å²) in [6, 6.07) is 10.4. The van der Waals surface area contributed by atoms with Crippen molar-refractivity contribution in [2.45, 2.75) is 12.3 Å². The minimum absolute atomic E-state index is 0.0335. The van der Waals surface area contributed by atoms with Crippen LogP contribution in [0.1, 0.15) is 28.3 Å². The van der Waals surface area contributed by atoms with Gasteiger partial charge < -0.3 is 14.5 Å². The zero-order valence-electron chi connectivity index (χ0n) is 14.6. The molecule has 3 heterocycles. The van der Waals surface area contributed by atoms with Crippen molar-refractivity contribution in [1.82, 2.24) is 9.88 Å². The molecule has 1 atom stereocenters. The Labute approximate surface area is 152 Å². The molecule has 0 unspecified atom stereocenters. The predicted molar refractivity (Wildman–Crippen MR) is 96.9 cm³/mol. The highest BCUT2D eigenvalue weighted by Crippen LogP contribution is 2.30. The Balaban J connectivity index is 1.46. The maximum atomic E-state index is 13.1. The maximum Gasteiger partial charge on any atom is 0.254 e. The molecule has 0 aliphatic carbocycles. The second-order valence-corrected chi connectivity index (χ2v) is 6.79. The SMILES string of the molecule is O=C(c1ccnc(N2CC[C@H](c3ccc(F)cc3)C2)c1)N1CCOCC1. The molecule has 6 heteroatoms. The van der Waals surface area contributed by atoms with Crippen LogP contribution >= 0.6 is 0 Å². The predicted octanol–water partition coefficient (Wildman–Crippen LogP) is 2.69. The molecule has 1 aromatic heterocycles. The molecule has 5 nitrogen and oxygen atoms in total. The Morgan fingerprint density at radius 2 is 1.88 bits per heavy atom. The summed E-state index contributed by atoms with van der Waals surface area (Å²) in [5.41, 5.74) is 1.82. The van der Waals surface area contributed by atoms with E-state index in [9.17, 15) is 9.18 Å². The fraction of sp³-hybridized carbons (Fsp3) is 0.400. The summed E-state index contributed by atoms with van der Waals surface area (Å²) in [4.78, 5) is 21.2. The van der Waals surface area contributed by atoms with Gasteiger partial charge in [0.2, 0.25) is 0 Å². The van der Waals surface area contributed by atoms with E-state index in [4.69, 9.17) is 4.74 Å². The average molecular weight is 355 g/mol. The van der Waals surface area contributed by atoms with Crippen molar-refractivity contribution >= 4 is 11.7 Å². The third-order valence-electron chi connectivity index (χ3n) is 5.14. The second kappa shape index (κ2) is 7.41. The van der Waals surface area contributed by atoms with E-state index in [0.29, 0.717) is 37.8 Å². The summed E-state index contributed by atoms with van der Waals surface area (Å²) in [5, 5.41) is 0. The minimum atomic E-state index is -0.209. The molecule has 0 saturated carbocycles. The van der Waals surface area contributed by atoms with Crippen LogP contribution in [0.2, 0.25) is 0 Å². The van der Waals surface area contributed by atoms with E-state index in [-0.39, 0.29) is 11.7 Å². The van der Waals surface area contributed by atoms with Crippen LogP contribution in [0.4, 0.5) is 10.2 Å². The number of rotatable bonds is 3. The van der Waals surface area contributed by atoms with E-state index in [1.54, 1.807) is 12.3 Å². The van der Waals surface area contributed by atoms with Crippen molar-refractivity contribution in [3.05, 3.63) is 59.5 Å². The second-order valence-electron chi connectivity index (χ2n) is 6.79. The molecule has 2 aliphatic heterocycles. The standard InChI is InChI=1S/C20H22FN3O2/c21-18-3-1-15(2-4-18)17-6-8-24(14-17)19-13-16(5-7-22-19)20(25)23-9-11-26-12-10-23/h1-5,7,13,17H,6,8-12,14H2/t17-/m0/s1. The summed E-state index contributed by atoms with van der Waals surface area (Å²) in [6.07, 6.45) is 2.70. The van der Waals surface area contributed by atoms with Gasteiger partial charge in [-0.3, -0.25) is 4.79 Å². The number of pyridine rings is 1. The largest absolute Gasteiger partial charge is 0.378 e. The number of benzene rings is 1. The minimum Gasteiger partial charge on any atom is -0.378 e. The number of amides is 1. The number of morpholine rings is 1. The molecule has 0 bridgehead atoms. The topological polar surface area (TPSA) is 45.7 Å². The number of halogens is 1. The Bertz CT molecular complexity index is 775. The van der Waals surface area contributed by atoms with Gasteiger partial charge in [0, 0.05) is 43.9 Å². The molecular weight excluding hydrogens is 333 g/mol. The Morgan fingerprint density at radius 3 is 2.65 bits per heavy atom. The highest BCUT2D eigenvalue weighted by atomic mass is 19.1. The molecule has 0 radical (unpaired) electrons. The van der Waals surface area contributed by atoms with Gasteiger partial charge in [-0.25, -0.2) is 9.37 Å². The van der Waals surface area contributed by atoms with Crippen molar-refractivity contribution < 1.29 is 13.9 Å². The number of hydrogen-bond acceptors (Lipinski definition) is 4. The molecule has 4 rings (SSSR count). The molecule has 2 aromatic rings. The first kappa shape index (κ1) is 17.0. The highest BCUT2D eigenvalue weighted by molar-refractivity contribution is 5.95. The number of carbonyl (C=O) groups excluding carboxylic acids is 1. The zero-order valence-corrected chi connectivity index (χ0v) is 14.6. The van der Waals surface area contributed by atoms with Crippen molar-refractivity contribution in [3.8, 4) is 0 Å². The first-order valence-electron chi connectivity index (χ1n) is 9.04. The summed E-state index contributed by atoms with van der Waals surface area (Å²) in [5.74, 6) is 1.01. The van der Waals surface area contributed by atoms with Crippen LogP contribution in [0.5, 0.6) is 0 Å². The number of nitrogens with zero attached hydrogens (tertiary/aromatic N) is 3. The van der Waals surface area contributed by atoms with Gasteiger partial charge in [-0.15, -0.1) is 0 Å². The van der Waals surface area contributed by atoms with Gasteiger partial charge in [0.25, 0.3) is 5.91 Å². The van der Waals surface area contributed by atoms with Crippen molar-refractivity contribution in [1.29, 1.82) is 0 Å². The fourth-order valence-electron chi connectivity index (χ4n) is 3.65. The molecule has 1 amide bonds. The van der Waals surface area contributed by atoms with Gasteiger partial charge in [0.05, 0.1) is 13.2 Å². The van der Waals surface area contributed by atoms with Crippen LogP contribution in [-0.4, -0.2) is 55.2 Å². The summed E-state index contributed by atoms with van der Waals surface area (Å²) < 4.78 is 18.4. The van der Waals surface area contributed by atoms with Gasteiger partial charge >= 0.3 is 0 Å². The number of carbonyl (C=O) groups is 1. The number of aromatic nitrogens is 1. The van der Waals surface area contributed by atoms with Crippen molar-refractivity contribution in [2.24, 2.45) is 0 Å². The lowest BCUT2D eigenvalue weighted by atomic mass is 9.99. The molecule has 2 saturated heterocycles. The van der Waals surface area contributed by atoms with Crippen LogP contribution < -0.4 is 4.90 Å². The lowest BCUT2D eigenvalue weighted by Crippen LogP contribution is -2.40.